The van der Waals surface area contributed by atoms with Gasteiger partial charge in [0.15, 0.2) is 0 Å². The molecule has 3 rings (SSSR count). The molecule has 0 radical (unpaired) electrons. The maximum absolute atomic E-state index is 5.89. The second-order valence-electron chi connectivity index (χ2n) is 5.67. The van der Waals surface area contributed by atoms with Gasteiger partial charge in [0.05, 0.1) is 16.9 Å². The van der Waals surface area contributed by atoms with Crippen molar-refractivity contribution >= 4 is 23.1 Å². The highest BCUT2D eigenvalue weighted by Crippen LogP contribution is 2.43. The van der Waals surface area contributed by atoms with Crippen LogP contribution in [0.25, 0.3) is 0 Å². The van der Waals surface area contributed by atoms with E-state index in [0.29, 0.717) is 17.4 Å². The number of nitrogens with one attached hydrogen (secondary N) is 1. The minimum absolute atomic E-state index is 0.343. The lowest BCUT2D eigenvalue weighted by molar-refractivity contribution is -0.0265. The van der Waals surface area contributed by atoms with Gasteiger partial charge >= 0.3 is 0 Å². The molecular formula is C15H24N2OS2. The summed E-state index contributed by atoms with van der Waals surface area (Å²) in [7, 11) is 0. The van der Waals surface area contributed by atoms with Crippen molar-refractivity contribution in [1.82, 2.24) is 10.2 Å². The first-order valence-electron chi connectivity index (χ1n) is 7.57. The summed E-state index contributed by atoms with van der Waals surface area (Å²) >= 11 is 3.91. The van der Waals surface area contributed by atoms with Crippen LogP contribution in [0.1, 0.15) is 31.9 Å². The Morgan fingerprint density at radius 1 is 1.50 bits per heavy atom. The van der Waals surface area contributed by atoms with Crippen molar-refractivity contribution in [1.29, 1.82) is 0 Å². The van der Waals surface area contributed by atoms with Gasteiger partial charge in [-0.25, -0.2) is 0 Å². The van der Waals surface area contributed by atoms with Crippen LogP contribution >= 0.6 is 23.1 Å². The zero-order valence-corrected chi connectivity index (χ0v) is 13.9. The van der Waals surface area contributed by atoms with Crippen LogP contribution in [0.4, 0.5) is 0 Å². The molecule has 1 aromatic heterocycles. The fourth-order valence-electron chi connectivity index (χ4n) is 3.01. The van der Waals surface area contributed by atoms with E-state index in [4.69, 9.17) is 4.74 Å². The summed E-state index contributed by atoms with van der Waals surface area (Å²) in [4.78, 5) is 2.48. The van der Waals surface area contributed by atoms with Crippen molar-refractivity contribution in [3.05, 3.63) is 17.0 Å². The molecule has 2 aliphatic heterocycles. The van der Waals surface area contributed by atoms with Crippen LogP contribution in [0.15, 0.2) is 15.7 Å². The van der Waals surface area contributed by atoms with E-state index in [2.05, 4.69) is 35.5 Å². The van der Waals surface area contributed by atoms with Crippen molar-refractivity contribution in [3.8, 4) is 0 Å². The number of hydrogen-bond donors (Lipinski definition) is 1. The number of hydrogen-bond acceptors (Lipinski definition) is 5. The van der Waals surface area contributed by atoms with Crippen molar-refractivity contribution < 1.29 is 4.74 Å². The molecule has 0 bridgehead atoms. The number of thiophene rings is 1. The molecule has 3 nitrogen and oxygen atoms in total. The average molecular weight is 313 g/mol. The van der Waals surface area contributed by atoms with Gasteiger partial charge in [-0.15, -0.1) is 23.1 Å². The van der Waals surface area contributed by atoms with Gasteiger partial charge in [-0.1, -0.05) is 13.8 Å². The maximum atomic E-state index is 5.89. The second kappa shape index (κ2) is 6.79. The van der Waals surface area contributed by atoms with Crippen LogP contribution in [0, 0.1) is 0 Å². The molecule has 5 heteroatoms. The number of thioether (sulfide) groups is 1. The van der Waals surface area contributed by atoms with Crippen LogP contribution in [0.2, 0.25) is 0 Å². The molecule has 1 aromatic rings. The lowest BCUT2D eigenvalue weighted by Crippen LogP contribution is -2.47. The fourth-order valence-corrected chi connectivity index (χ4v) is 5.57. The Balaban J connectivity index is 1.56. The van der Waals surface area contributed by atoms with E-state index >= 15 is 0 Å². The highest BCUT2D eigenvalue weighted by molar-refractivity contribution is 8.01. The molecule has 0 spiro atoms. The van der Waals surface area contributed by atoms with Gasteiger partial charge in [-0.3, -0.25) is 4.90 Å². The summed E-state index contributed by atoms with van der Waals surface area (Å²) in [6, 6.07) is 2.80. The van der Waals surface area contributed by atoms with Crippen molar-refractivity contribution in [2.24, 2.45) is 0 Å². The quantitative estimate of drug-likeness (QED) is 0.924. The molecular weight excluding hydrogens is 288 g/mol. The van der Waals surface area contributed by atoms with Gasteiger partial charge in [-0.2, -0.15) is 0 Å². The summed E-state index contributed by atoms with van der Waals surface area (Å²) < 4.78 is 7.39. The fraction of sp³-hybridized carbons (Fsp3) is 0.733. The maximum Gasteiger partial charge on any atom is 0.0826 e. The predicted octanol–water partition coefficient (Wildman–Crippen LogP) is 2.98. The summed E-state index contributed by atoms with van der Waals surface area (Å²) in [5.74, 6) is 0. The van der Waals surface area contributed by atoms with Gasteiger partial charge in [-0.05, 0) is 30.0 Å². The molecule has 1 fully saturated rings. The van der Waals surface area contributed by atoms with E-state index in [-0.39, 0.29) is 0 Å². The molecule has 0 saturated carbocycles. The average Bonchev–Trinajstić information content (AvgIpc) is 2.93. The number of likely N-dealkylation sites (N-methyl/N-ethyl adjacent to an activating group) is 1. The number of fused-ring (bicyclic) bond motifs is 1. The Kier molecular flexibility index (Phi) is 5.04. The molecule has 3 heterocycles. The lowest BCUT2D eigenvalue weighted by Gasteiger charge is -2.34. The lowest BCUT2D eigenvalue weighted by atomic mass is 10.0. The van der Waals surface area contributed by atoms with Crippen molar-refractivity contribution in [2.75, 3.05) is 32.8 Å². The van der Waals surface area contributed by atoms with Gasteiger partial charge in [0.1, 0.15) is 0 Å². The van der Waals surface area contributed by atoms with E-state index in [1.807, 2.05) is 23.1 Å². The van der Waals surface area contributed by atoms with E-state index < -0.39 is 0 Å². The summed E-state index contributed by atoms with van der Waals surface area (Å²) in [5.41, 5.74) is 1.50. The molecule has 1 N–H and O–H groups in total. The first-order valence-corrected chi connectivity index (χ1v) is 9.33. The highest BCUT2D eigenvalue weighted by Gasteiger charge is 2.27. The third kappa shape index (κ3) is 3.39. The smallest absolute Gasteiger partial charge is 0.0826 e. The Labute approximate surface area is 130 Å². The zero-order valence-electron chi connectivity index (χ0n) is 12.3. The van der Waals surface area contributed by atoms with E-state index in [1.165, 1.54) is 16.2 Å². The number of morpholine rings is 1. The predicted molar refractivity (Wildman–Crippen MR) is 86.9 cm³/mol. The third-order valence-electron chi connectivity index (χ3n) is 4.17. The second-order valence-corrected chi connectivity index (χ2v) is 8.30. The molecule has 112 valence electrons. The number of nitrogens with zero attached hydrogens (tertiary/aromatic N) is 1. The zero-order chi connectivity index (χ0) is 13.9. The monoisotopic (exact) mass is 312 g/mol. The highest BCUT2D eigenvalue weighted by atomic mass is 32.2. The first-order chi connectivity index (χ1) is 9.76. The number of ether oxygens (including phenoxy) is 1. The van der Waals surface area contributed by atoms with Crippen LogP contribution in [0.5, 0.6) is 0 Å². The number of rotatable bonds is 4. The van der Waals surface area contributed by atoms with Gasteiger partial charge in [0.25, 0.3) is 0 Å². The minimum Gasteiger partial charge on any atom is -0.374 e. The molecule has 2 unspecified atom stereocenters. The van der Waals surface area contributed by atoms with Gasteiger partial charge < -0.3 is 10.1 Å². The normalized spacial score (nSPS) is 31.2. The summed E-state index contributed by atoms with van der Waals surface area (Å²) in [5, 5.41) is 6.68. The summed E-state index contributed by atoms with van der Waals surface area (Å²) in [6.45, 7) is 9.68. The largest absolute Gasteiger partial charge is 0.374 e. The molecule has 20 heavy (non-hydrogen) atoms. The van der Waals surface area contributed by atoms with Gasteiger partial charge in [0, 0.05) is 30.9 Å². The Bertz CT molecular complexity index is 437. The first kappa shape index (κ1) is 14.9. The molecule has 0 aromatic carbocycles. The summed E-state index contributed by atoms with van der Waals surface area (Å²) in [6.07, 6.45) is 1.56. The van der Waals surface area contributed by atoms with Crippen molar-refractivity contribution in [2.45, 2.75) is 41.9 Å². The Morgan fingerprint density at radius 3 is 3.25 bits per heavy atom. The van der Waals surface area contributed by atoms with Crippen LogP contribution < -0.4 is 5.32 Å². The molecule has 0 aliphatic carbocycles. The molecule has 0 amide bonds. The third-order valence-corrected chi connectivity index (χ3v) is 6.52. The molecule has 3 atom stereocenters. The van der Waals surface area contributed by atoms with Gasteiger partial charge in [0.2, 0.25) is 0 Å². The van der Waals surface area contributed by atoms with E-state index in [1.54, 1.807) is 0 Å². The topological polar surface area (TPSA) is 24.5 Å². The molecule has 1 saturated heterocycles. The minimum atomic E-state index is 0.343. The van der Waals surface area contributed by atoms with Crippen LogP contribution in [-0.4, -0.2) is 49.0 Å². The Morgan fingerprint density at radius 2 is 2.40 bits per heavy atom. The SMILES string of the molecule is CCN1CCOC(CNC2C[C@H](C)Sc3sccc32)C1. The van der Waals surface area contributed by atoms with E-state index in [9.17, 15) is 0 Å². The molecule has 2 aliphatic rings. The van der Waals surface area contributed by atoms with Crippen LogP contribution in [-0.2, 0) is 4.74 Å². The standard InChI is InChI=1S/C15H24N2OS2/c1-3-17-5-6-18-12(10-17)9-16-14-8-11(2)20-15-13(14)4-7-19-15/h4,7,11-12,14,16H,3,5-6,8-10H2,1-2H3/t11-,12?,14?/m0/s1. The van der Waals surface area contributed by atoms with E-state index in [0.717, 1.165) is 32.8 Å². The van der Waals surface area contributed by atoms with Crippen LogP contribution in [0.3, 0.4) is 0 Å². The Hall–Kier alpha value is -0.0700. The van der Waals surface area contributed by atoms with Crippen molar-refractivity contribution in [3.63, 3.8) is 0 Å².